The van der Waals surface area contributed by atoms with Gasteiger partial charge in [-0.2, -0.15) is 0 Å². The molecule has 2 heterocycles. The van der Waals surface area contributed by atoms with Gasteiger partial charge in [-0.15, -0.1) is 11.3 Å². The number of hydrazine groups is 1. The molecule has 2 N–H and O–H groups in total. The summed E-state index contributed by atoms with van der Waals surface area (Å²) in [5.74, 6) is -1.09. The van der Waals surface area contributed by atoms with Crippen LogP contribution in [0.3, 0.4) is 0 Å². The molecule has 0 radical (unpaired) electrons. The van der Waals surface area contributed by atoms with E-state index in [-0.39, 0.29) is 17.0 Å². The molecule has 3 rings (SSSR count). The molecule has 0 aliphatic carbocycles. The molecule has 0 fully saturated rings. The second-order valence-corrected chi connectivity index (χ2v) is 6.92. The smallest absolute Gasteiger partial charge is 0.281 e. The van der Waals surface area contributed by atoms with Gasteiger partial charge in [-0.05, 0) is 18.2 Å². The number of pyridine rings is 1. The number of thiophene rings is 1. The highest BCUT2D eigenvalue weighted by Gasteiger charge is 2.18. The molecule has 1 aromatic carbocycles. The Morgan fingerprint density at radius 1 is 1.12 bits per heavy atom. The number of carbonyl (C=O) groups is 2. The highest BCUT2D eigenvalue weighted by atomic mass is 35.5. The molecule has 0 spiro atoms. The van der Waals surface area contributed by atoms with Crippen LogP contribution in [-0.4, -0.2) is 16.4 Å². The van der Waals surface area contributed by atoms with Gasteiger partial charge in [-0.1, -0.05) is 35.3 Å². The summed E-state index contributed by atoms with van der Waals surface area (Å²) in [6.45, 7) is -0.213. The van der Waals surface area contributed by atoms with Crippen LogP contribution in [0, 0.1) is 0 Å². The fourth-order valence-electron chi connectivity index (χ4n) is 2.15. The van der Waals surface area contributed by atoms with Crippen LogP contribution in [-0.2, 0) is 11.3 Å². The lowest BCUT2D eigenvalue weighted by Crippen LogP contribution is -2.43. The number of rotatable bonds is 3. The Balaban J connectivity index is 1.68. The van der Waals surface area contributed by atoms with Crippen molar-refractivity contribution in [2.75, 3.05) is 0 Å². The van der Waals surface area contributed by atoms with Crippen LogP contribution in [0.4, 0.5) is 0 Å². The monoisotopic (exact) mass is 395 g/mol. The second-order valence-electron chi connectivity index (χ2n) is 5.05. The van der Waals surface area contributed by atoms with Crippen molar-refractivity contribution in [3.8, 4) is 0 Å². The number of amides is 2. The van der Waals surface area contributed by atoms with Crippen LogP contribution >= 0.6 is 34.5 Å². The minimum Gasteiger partial charge on any atom is -0.306 e. The predicted octanol–water partition coefficient (Wildman–Crippen LogP) is 2.83. The summed E-state index contributed by atoms with van der Waals surface area (Å²) in [7, 11) is 0. The zero-order valence-corrected chi connectivity index (χ0v) is 14.9. The molecule has 0 saturated carbocycles. The van der Waals surface area contributed by atoms with Crippen molar-refractivity contribution in [3.05, 3.63) is 67.9 Å². The standard InChI is InChI=1S/C16H11Cl2N3O3S/c17-9-4-5-10-11(7-9)25-15(14(10)18)16(24)20-19-12(22)8-21-6-2-1-3-13(21)23/h1-7H,8H2,(H,19,22)(H,20,24). The fraction of sp³-hybridized carbons (Fsp3) is 0.0625. The quantitative estimate of drug-likeness (QED) is 0.669. The molecule has 25 heavy (non-hydrogen) atoms. The van der Waals surface area contributed by atoms with Crippen LogP contribution < -0.4 is 16.4 Å². The molecule has 6 nitrogen and oxygen atoms in total. The van der Waals surface area contributed by atoms with E-state index in [0.29, 0.717) is 15.4 Å². The minimum atomic E-state index is -0.545. The topological polar surface area (TPSA) is 80.2 Å². The summed E-state index contributed by atoms with van der Waals surface area (Å²) < 4.78 is 1.99. The molecular weight excluding hydrogens is 385 g/mol. The molecule has 2 aromatic heterocycles. The number of nitrogens with zero attached hydrogens (tertiary/aromatic N) is 1. The predicted molar refractivity (Wildman–Crippen MR) is 98.2 cm³/mol. The van der Waals surface area contributed by atoms with Crippen LogP contribution in [0.2, 0.25) is 10.0 Å². The van der Waals surface area contributed by atoms with E-state index in [1.54, 1.807) is 30.3 Å². The van der Waals surface area contributed by atoms with Gasteiger partial charge < -0.3 is 4.57 Å². The van der Waals surface area contributed by atoms with Crippen molar-refractivity contribution < 1.29 is 9.59 Å². The molecule has 0 unspecified atom stereocenters. The van der Waals surface area contributed by atoms with Gasteiger partial charge in [0.15, 0.2) is 0 Å². The summed E-state index contributed by atoms with van der Waals surface area (Å²) in [6, 6.07) is 9.68. The van der Waals surface area contributed by atoms with E-state index >= 15 is 0 Å². The van der Waals surface area contributed by atoms with Gasteiger partial charge in [-0.3, -0.25) is 25.2 Å². The maximum Gasteiger partial charge on any atom is 0.281 e. The number of fused-ring (bicyclic) bond motifs is 1. The Bertz CT molecular complexity index is 1030. The molecule has 9 heteroatoms. The Hall–Kier alpha value is -2.35. The Morgan fingerprint density at radius 3 is 2.68 bits per heavy atom. The van der Waals surface area contributed by atoms with Crippen molar-refractivity contribution in [1.29, 1.82) is 0 Å². The zero-order valence-electron chi connectivity index (χ0n) is 12.6. The SMILES string of the molecule is O=C(Cn1ccccc1=O)NNC(=O)c1sc2cc(Cl)ccc2c1Cl. The van der Waals surface area contributed by atoms with Gasteiger partial charge in [0.1, 0.15) is 11.4 Å². The fourth-order valence-corrected chi connectivity index (χ4v) is 3.84. The number of halogens is 2. The minimum absolute atomic E-state index is 0.213. The van der Waals surface area contributed by atoms with Gasteiger partial charge in [0.25, 0.3) is 17.4 Å². The number of benzene rings is 1. The molecule has 0 saturated heterocycles. The van der Waals surface area contributed by atoms with Crippen LogP contribution in [0.5, 0.6) is 0 Å². The summed E-state index contributed by atoms with van der Waals surface area (Å²) in [6.07, 6.45) is 1.48. The zero-order chi connectivity index (χ0) is 18.0. The number of hydrogen-bond donors (Lipinski definition) is 2. The first-order valence-electron chi connectivity index (χ1n) is 7.08. The first-order valence-corrected chi connectivity index (χ1v) is 8.65. The summed E-state index contributed by atoms with van der Waals surface area (Å²) in [5, 5.41) is 1.55. The lowest BCUT2D eigenvalue weighted by atomic mass is 10.2. The van der Waals surface area contributed by atoms with Gasteiger partial charge in [0.2, 0.25) is 0 Å². The largest absolute Gasteiger partial charge is 0.306 e. The van der Waals surface area contributed by atoms with E-state index in [0.717, 1.165) is 4.70 Å². The van der Waals surface area contributed by atoms with E-state index in [9.17, 15) is 14.4 Å². The normalized spacial score (nSPS) is 10.6. The lowest BCUT2D eigenvalue weighted by Gasteiger charge is -2.08. The third-order valence-corrected chi connectivity index (χ3v) is 5.22. The van der Waals surface area contributed by atoms with Crippen LogP contribution in [0.25, 0.3) is 10.1 Å². The van der Waals surface area contributed by atoms with Gasteiger partial charge in [0.05, 0.1) is 5.02 Å². The molecule has 0 aliphatic rings. The number of hydrogen-bond acceptors (Lipinski definition) is 4. The van der Waals surface area contributed by atoms with Gasteiger partial charge in [0, 0.05) is 27.4 Å². The molecule has 3 aromatic rings. The van der Waals surface area contributed by atoms with Gasteiger partial charge in [-0.25, -0.2) is 0 Å². The molecule has 0 bridgehead atoms. The van der Waals surface area contributed by atoms with E-state index in [1.807, 2.05) is 0 Å². The van der Waals surface area contributed by atoms with Crippen molar-refractivity contribution in [2.45, 2.75) is 6.54 Å². The first kappa shape index (κ1) is 17.5. The van der Waals surface area contributed by atoms with Crippen molar-refractivity contribution in [1.82, 2.24) is 15.4 Å². The molecule has 2 amide bonds. The Kier molecular flexibility index (Phi) is 5.08. The second kappa shape index (κ2) is 7.26. The molecule has 0 aliphatic heterocycles. The van der Waals surface area contributed by atoms with E-state index < -0.39 is 11.8 Å². The van der Waals surface area contributed by atoms with E-state index in [4.69, 9.17) is 23.2 Å². The number of aromatic nitrogens is 1. The molecular formula is C16H11Cl2N3O3S. The maximum atomic E-state index is 12.2. The van der Waals surface area contributed by atoms with Crippen molar-refractivity contribution >= 4 is 56.4 Å². The third-order valence-electron chi connectivity index (χ3n) is 3.33. The maximum absolute atomic E-state index is 12.2. The molecule has 0 atom stereocenters. The summed E-state index contributed by atoms with van der Waals surface area (Å²) in [4.78, 5) is 35.9. The van der Waals surface area contributed by atoms with Crippen molar-refractivity contribution in [3.63, 3.8) is 0 Å². The molecule has 128 valence electrons. The van der Waals surface area contributed by atoms with Crippen LogP contribution in [0.1, 0.15) is 9.67 Å². The Labute approximate surface area is 155 Å². The van der Waals surface area contributed by atoms with E-state index in [2.05, 4.69) is 10.9 Å². The first-order chi connectivity index (χ1) is 12.0. The van der Waals surface area contributed by atoms with Crippen molar-refractivity contribution in [2.24, 2.45) is 0 Å². The average molecular weight is 396 g/mol. The Morgan fingerprint density at radius 2 is 1.92 bits per heavy atom. The highest BCUT2D eigenvalue weighted by molar-refractivity contribution is 7.21. The highest BCUT2D eigenvalue weighted by Crippen LogP contribution is 2.36. The average Bonchev–Trinajstić information content (AvgIpc) is 2.91. The van der Waals surface area contributed by atoms with E-state index in [1.165, 1.54) is 28.2 Å². The van der Waals surface area contributed by atoms with Crippen LogP contribution in [0.15, 0.2) is 47.4 Å². The third kappa shape index (κ3) is 3.84. The number of carbonyl (C=O) groups excluding carboxylic acids is 2. The lowest BCUT2D eigenvalue weighted by molar-refractivity contribution is -0.122. The summed E-state index contributed by atoms with van der Waals surface area (Å²) in [5.41, 5.74) is 4.25. The number of nitrogens with one attached hydrogen (secondary N) is 2. The summed E-state index contributed by atoms with van der Waals surface area (Å²) >= 11 is 13.3. The van der Waals surface area contributed by atoms with Gasteiger partial charge >= 0.3 is 0 Å².